The van der Waals surface area contributed by atoms with E-state index in [4.69, 9.17) is 24.2 Å². The largest absolute Gasteiger partial charge is 0.493 e. The van der Waals surface area contributed by atoms with Gasteiger partial charge in [-0.1, -0.05) is 0 Å². The molecule has 0 radical (unpaired) electrons. The minimum atomic E-state index is 0.589. The SMILES string of the molecule is COc1cc(-c2cc3c(N4CCCC4)nc(N4CCCC4)nc3n2C)cc(OC)c1OC. The molecular formula is C24H31N5O3. The van der Waals surface area contributed by atoms with Crippen molar-refractivity contribution in [2.75, 3.05) is 57.3 Å². The maximum absolute atomic E-state index is 5.59. The lowest BCUT2D eigenvalue weighted by molar-refractivity contribution is 0.324. The molecule has 2 aromatic heterocycles. The van der Waals surface area contributed by atoms with E-state index in [-0.39, 0.29) is 0 Å². The maximum atomic E-state index is 5.59. The van der Waals surface area contributed by atoms with Gasteiger partial charge in [-0.2, -0.15) is 9.97 Å². The first-order valence-electron chi connectivity index (χ1n) is 11.3. The van der Waals surface area contributed by atoms with Crippen molar-refractivity contribution in [3.8, 4) is 28.5 Å². The molecule has 0 bridgehead atoms. The third-order valence-corrected chi connectivity index (χ3v) is 6.61. The highest BCUT2D eigenvalue weighted by molar-refractivity contribution is 5.94. The lowest BCUT2D eigenvalue weighted by Gasteiger charge is -2.21. The Morgan fingerprint density at radius 1 is 0.750 bits per heavy atom. The Morgan fingerprint density at radius 2 is 1.34 bits per heavy atom. The highest BCUT2D eigenvalue weighted by Gasteiger charge is 2.25. The fourth-order valence-electron chi connectivity index (χ4n) is 4.90. The second kappa shape index (κ2) is 8.41. The highest BCUT2D eigenvalue weighted by Crippen LogP contribution is 2.43. The molecule has 2 aliphatic rings. The number of hydrogen-bond acceptors (Lipinski definition) is 7. The average Bonchev–Trinajstić information content (AvgIpc) is 3.59. The summed E-state index contributed by atoms with van der Waals surface area (Å²) in [5.41, 5.74) is 2.97. The minimum absolute atomic E-state index is 0.589. The van der Waals surface area contributed by atoms with Gasteiger partial charge in [0.15, 0.2) is 11.5 Å². The third-order valence-electron chi connectivity index (χ3n) is 6.61. The zero-order chi connectivity index (χ0) is 22.2. The van der Waals surface area contributed by atoms with E-state index in [0.29, 0.717) is 17.2 Å². The molecule has 32 heavy (non-hydrogen) atoms. The molecule has 4 heterocycles. The molecule has 0 unspecified atom stereocenters. The number of anilines is 2. The predicted octanol–water partition coefficient (Wildman–Crippen LogP) is 3.86. The van der Waals surface area contributed by atoms with Gasteiger partial charge >= 0.3 is 0 Å². The van der Waals surface area contributed by atoms with Crippen LogP contribution in [0.3, 0.4) is 0 Å². The van der Waals surface area contributed by atoms with Crippen LogP contribution in [0.1, 0.15) is 25.7 Å². The lowest BCUT2D eigenvalue weighted by atomic mass is 10.1. The lowest BCUT2D eigenvalue weighted by Crippen LogP contribution is -2.24. The van der Waals surface area contributed by atoms with Crippen LogP contribution in [0.15, 0.2) is 18.2 Å². The van der Waals surface area contributed by atoms with Crippen molar-refractivity contribution in [2.24, 2.45) is 7.05 Å². The number of ether oxygens (including phenoxy) is 3. The van der Waals surface area contributed by atoms with Crippen LogP contribution in [0.5, 0.6) is 17.2 Å². The molecule has 0 N–H and O–H groups in total. The molecule has 1 aromatic carbocycles. The molecule has 2 aliphatic heterocycles. The number of methoxy groups -OCH3 is 3. The fourth-order valence-corrected chi connectivity index (χ4v) is 4.90. The van der Waals surface area contributed by atoms with Gasteiger partial charge in [0.25, 0.3) is 0 Å². The van der Waals surface area contributed by atoms with Crippen molar-refractivity contribution < 1.29 is 14.2 Å². The van der Waals surface area contributed by atoms with Gasteiger partial charge in [-0.3, -0.25) is 0 Å². The molecule has 3 aromatic rings. The summed E-state index contributed by atoms with van der Waals surface area (Å²) in [5.74, 6) is 3.75. The van der Waals surface area contributed by atoms with Crippen LogP contribution in [-0.4, -0.2) is 62.0 Å². The molecule has 5 rings (SSSR count). The molecule has 2 saturated heterocycles. The molecule has 0 aliphatic carbocycles. The van der Waals surface area contributed by atoms with Crippen LogP contribution in [0.25, 0.3) is 22.3 Å². The van der Waals surface area contributed by atoms with Gasteiger partial charge in [0.2, 0.25) is 11.7 Å². The molecular weight excluding hydrogens is 406 g/mol. The summed E-state index contributed by atoms with van der Waals surface area (Å²) in [6.07, 6.45) is 4.81. The van der Waals surface area contributed by atoms with Crippen LogP contribution < -0.4 is 24.0 Å². The van der Waals surface area contributed by atoms with Crippen LogP contribution >= 0.6 is 0 Å². The summed E-state index contributed by atoms with van der Waals surface area (Å²) >= 11 is 0. The monoisotopic (exact) mass is 437 g/mol. The first-order chi connectivity index (χ1) is 15.6. The van der Waals surface area contributed by atoms with E-state index in [1.165, 1.54) is 25.7 Å². The van der Waals surface area contributed by atoms with Gasteiger partial charge in [-0.05, 0) is 43.9 Å². The summed E-state index contributed by atoms with van der Waals surface area (Å²) in [4.78, 5) is 14.8. The van der Waals surface area contributed by atoms with E-state index in [0.717, 1.165) is 60.2 Å². The quantitative estimate of drug-likeness (QED) is 0.580. The Kier molecular flexibility index (Phi) is 5.45. The molecule has 8 heteroatoms. The van der Waals surface area contributed by atoms with Crippen molar-refractivity contribution in [2.45, 2.75) is 25.7 Å². The van der Waals surface area contributed by atoms with Crippen molar-refractivity contribution >= 4 is 22.8 Å². The van der Waals surface area contributed by atoms with Crippen LogP contribution in [0, 0.1) is 0 Å². The van der Waals surface area contributed by atoms with E-state index in [1.54, 1.807) is 21.3 Å². The molecule has 0 saturated carbocycles. The summed E-state index contributed by atoms with van der Waals surface area (Å²) < 4.78 is 18.8. The van der Waals surface area contributed by atoms with E-state index < -0.39 is 0 Å². The number of hydrogen-bond donors (Lipinski definition) is 0. The smallest absolute Gasteiger partial charge is 0.229 e. The van der Waals surface area contributed by atoms with Gasteiger partial charge in [0.1, 0.15) is 11.5 Å². The zero-order valence-corrected chi connectivity index (χ0v) is 19.3. The second-order valence-corrected chi connectivity index (χ2v) is 8.48. The second-order valence-electron chi connectivity index (χ2n) is 8.48. The molecule has 0 amide bonds. The molecule has 0 atom stereocenters. The molecule has 170 valence electrons. The number of aromatic nitrogens is 3. The topological polar surface area (TPSA) is 64.9 Å². The summed E-state index contributed by atoms with van der Waals surface area (Å²) in [5, 5.41) is 1.08. The van der Waals surface area contributed by atoms with E-state index in [1.807, 2.05) is 12.1 Å². The Bertz CT molecular complexity index is 1110. The van der Waals surface area contributed by atoms with Crippen molar-refractivity contribution in [1.29, 1.82) is 0 Å². The first kappa shape index (κ1) is 20.7. The van der Waals surface area contributed by atoms with E-state index in [2.05, 4.69) is 27.5 Å². The van der Waals surface area contributed by atoms with Gasteiger partial charge in [-0.25, -0.2) is 0 Å². The number of aryl methyl sites for hydroxylation is 1. The highest BCUT2D eigenvalue weighted by atomic mass is 16.5. The van der Waals surface area contributed by atoms with Crippen LogP contribution in [0.4, 0.5) is 11.8 Å². The van der Waals surface area contributed by atoms with Crippen molar-refractivity contribution in [3.63, 3.8) is 0 Å². The third kappa shape index (κ3) is 3.38. The van der Waals surface area contributed by atoms with Crippen LogP contribution in [-0.2, 0) is 7.05 Å². The van der Waals surface area contributed by atoms with Gasteiger partial charge < -0.3 is 28.6 Å². The minimum Gasteiger partial charge on any atom is -0.493 e. The van der Waals surface area contributed by atoms with Crippen molar-refractivity contribution in [3.05, 3.63) is 18.2 Å². The first-order valence-corrected chi connectivity index (χ1v) is 11.3. The summed E-state index contributed by atoms with van der Waals surface area (Å²) in [6, 6.07) is 6.16. The normalized spacial score (nSPS) is 16.2. The number of nitrogens with zero attached hydrogens (tertiary/aromatic N) is 5. The standard InChI is InChI=1S/C24H31N5O3/c1-27-18(16-13-19(30-2)21(32-4)20(14-16)31-3)15-17-22(27)25-24(29-11-7-8-12-29)26-23(17)28-9-5-6-10-28/h13-15H,5-12H2,1-4H3. The van der Waals surface area contributed by atoms with Crippen molar-refractivity contribution in [1.82, 2.24) is 14.5 Å². The zero-order valence-electron chi connectivity index (χ0n) is 19.3. The molecule has 2 fully saturated rings. The van der Waals surface area contributed by atoms with Gasteiger partial charge in [-0.15, -0.1) is 0 Å². The molecule has 8 nitrogen and oxygen atoms in total. The number of benzene rings is 1. The summed E-state index contributed by atoms with van der Waals surface area (Å²) in [7, 11) is 6.97. The van der Waals surface area contributed by atoms with Crippen LogP contribution in [0.2, 0.25) is 0 Å². The molecule has 0 spiro atoms. The predicted molar refractivity (Wildman–Crippen MR) is 126 cm³/mol. The maximum Gasteiger partial charge on any atom is 0.229 e. The van der Waals surface area contributed by atoms with Gasteiger partial charge in [0.05, 0.1) is 32.4 Å². The Morgan fingerprint density at radius 3 is 1.91 bits per heavy atom. The average molecular weight is 438 g/mol. The van der Waals surface area contributed by atoms with E-state index in [9.17, 15) is 0 Å². The summed E-state index contributed by atoms with van der Waals surface area (Å²) in [6.45, 7) is 4.13. The Balaban J connectivity index is 1.70. The Hall–Kier alpha value is -3.16. The Labute approximate surface area is 188 Å². The number of fused-ring (bicyclic) bond motifs is 1. The van der Waals surface area contributed by atoms with E-state index >= 15 is 0 Å². The fraction of sp³-hybridized carbons (Fsp3) is 0.500. The van der Waals surface area contributed by atoms with Gasteiger partial charge in [0, 0.05) is 38.8 Å². The number of rotatable bonds is 6.